The first kappa shape index (κ1) is 24.0. The Hall–Kier alpha value is -3.10. The summed E-state index contributed by atoms with van der Waals surface area (Å²) in [6.07, 6.45) is 1.09. The van der Waals surface area contributed by atoms with Crippen LogP contribution in [0.15, 0.2) is 42.5 Å². The summed E-state index contributed by atoms with van der Waals surface area (Å²) in [5, 5.41) is 2.82. The monoisotopic (exact) mass is 468 g/mol. The van der Waals surface area contributed by atoms with Gasteiger partial charge >= 0.3 is 6.09 Å². The van der Waals surface area contributed by atoms with E-state index in [9.17, 15) is 9.59 Å². The lowest BCUT2D eigenvalue weighted by Crippen LogP contribution is -2.44. The Morgan fingerprint density at radius 1 is 1.09 bits per heavy atom. The maximum absolute atomic E-state index is 12.2. The third kappa shape index (κ3) is 5.69. The summed E-state index contributed by atoms with van der Waals surface area (Å²) < 4.78 is 22.3. The van der Waals surface area contributed by atoms with Gasteiger partial charge in [0.1, 0.15) is 5.75 Å². The van der Waals surface area contributed by atoms with Gasteiger partial charge in [0.15, 0.2) is 0 Å². The molecule has 1 atom stereocenters. The van der Waals surface area contributed by atoms with Crippen molar-refractivity contribution < 1.29 is 28.5 Å². The van der Waals surface area contributed by atoms with Gasteiger partial charge in [-0.05, 0) is 55.2 Å². The number of carbonyl (C=O) groups excluding carboxylic acids is 2. The highest BCUT2D eigenvalue weighted by Gasteiger charge is 2.33. The summed E-state index contributed by atoms with van der Waals surface area (Å²) in [7, 11) is 1.60. The van der Waals surface area contributed by atoms with Crippen LogP contribution < -0.4 is 10.1 Å². The van der Waals surface area contributed by atoms with E-state index in [-0.39, 0.29) is 24.2 Å². The van der Waals surface area contributed by atoms with E-state index in [0.29, 0.717) is 45.0 Å². The van der Waals surface area contributed by atoms with Crippen LogP contribution in [0.5, 0.6) is 5.75 Å². The number of nitrogens with one attached hydrogen (secondary N) is 1. The van der Waals surface area contributed by atoms with Crippen molar-refractivity contribution in [3.05, 3.63) is 53.6 Å². The molecule has 2 aromatic rings. The fourth-order valence-electron chi connectivity index (χ4n) is 4.30. The fourth-order valence-corrected chi connectivity index (χ4v) is 4.30. The number of rotatable bonds is 7. The van der Waals surface area contributed by atoms with Crippen molar-refractivity contribution in [3.8, 4) is 16.9 Å². The Labute approximate surface area is 200 Å². The van der Waals surface area contributed by atoms with E-state index in [2.05, 4.69) is 11.4 Å². The largest absolute Gasteiger partial charge is 0.464 e. The summed E-state index contributed by atoms with van der Waals surface area (Å²) in [6, 6.07) is 13.6. The number of carbonyl (C=O) groups is 2. The van der Waals surface area contributed by atoms with Crippen LogP contribution in [0, 0.1) is 5.92 Å². The molecular weight excluding hydrogens is 436 g/mol. The second-order valence-electron chi connectivity index (χ2n) is 8.47. The number of likely N-dealkylation sites (tertiary alicyclic amines) is 1. The smallest absolute Gasteiger partial charge is 0.409 e. The maximum Gasteiger partial charge on any atom is 0.409 e. The number of methoxy groups -OCH3 is 1. The molecule has 8 nitrogen and oxygen atoms in total. The van der Waals surface area contributed by atoms with E-state index >= 15 is 0 Å². The maximum atomic E-state index is 12.2. The number of benzene rings is 2. The molecule has 0 aliphatic carbocycles. The van der Waals surface area contributed by atoms with E-state index in [1.54, 1.807) is 12.0 Å². The highest BCUT2D eigenvalue weighted by atomic mass is 16.7. The predicted molar refractivity (Wildman–Crippen MR) is 127 cm³/mol. The molecule has 2 heterocycles. The number of amides is 2. The number of piperidine rings is 1. The zero-order valence-corrected chi connectivity index (χ0v) is 19.7. The highest BCUT2D eigenvalue weighted by molar-refractivity contribution is 5.94. The summed E-state index contributed by atoms with van der Waals surface area (Å²) in [6.45, 7) is 4.95. The van der Waals surface area contributed by atoms with E-state index in [1.807, 2.05) is 43.3 Å². The normalized spacial score (nSPS) is 18.1. The van der Waals surface area contributed by atoms with Crippen LogP contribution in [-0.2, 0) is 20.8 Å². The van der Waals surface area contributed by atoms with Gasteiger partial charge < -0.3 is 29.2 Å². The van der Waals surface area contributed by atoms with Crippen molar-refractivity contribution in [2.45, 2.75) is 32.7 Å². The van der Waals surface area contributed by atoms with Crippen molar-refractivity contribution in [3.63, 3.8) is 0 Å². The molecule has 182 valence electrons. The lowest BCUT2D eigenvalue weighted by molar-refractivity contribution is -0.148. The molecule has 1 saturated heterocycles. The summed E-state index contributed by atoms with van der Waals surface area (Å²) in [4.78, 5) is 25.8. The van der Waals surface area contributed by atoms with Gasteiger partial charge in [-0.2, -0.15) is 0 Å². The van der Waals surface area contributed by atoms with E-state index < -0.39 is 0 Å². The molecule has 0 saturated carbocycles. The van der Waals surface area contributed by atoms with Crippen molar-refractivity contribution in [2.75, 3.05) is 40.0 Å². The molecule has 0 radical (unpaired) electrons. The number of hydrogen-bond donors (Lipinski definition) is 1. The molecule has 34 heavy (non-hydrogen) atoms. The molecule has 2 amide bonds. The predicted octanol–water partition coefficient (Wildman–Crippen LogP) is 3.83. The Morgan fingerprint density at radius 2 is 1.82 bits per heavy atom. The number of nitrogens with zero attached hydrogens (tertiary/aromatic N) is 1. The minimum Gasteiger partial charge on any atom is -0.464 e. The zero-order valence-electron chi connectivity index (χ0n) is 19.7. The van der Waals surface area contributed by atoms with Crippen molar-refractivity contribution >= 4 is 12.0 Å². The van der Waals surface area contributed by atoms with Crippen LogP contribution in [-0.4, -0.2) is 63.1 Å². The molecule has 2 aromatic carbocycles. The average Bonchev–Trinajstić information content (AvgIpc) is 2.88. The van der Waals surface area contributed by atoms with Gasteiger partial charge in [0, 0.05) is 43.8 Å². The van der Waals surface area contributed by atoms with Gasteiger partial charge in [0.05, 0.1) is 19.8 Å². The van der Waals surface area contributed by atoms with Gasteiger partial charge in [0.25, 0.3) is 5.91 Å². The summed E-state index contributed by atoms with van der Waals surface area (Å²) in [5.41, 5.74) is 3.67. The molecule has 1 fully saturated rings. The molecule has 1 unspecified atom stereocenters. The van der Waals surface area contributed by atoms with E-state index in [1.165, 1.54) is 0 Å². The molecule has 8 heteroatoms. The molecule has 0 aromatic heterocycles. The van der Waals surface area contributed by atoms with Crippen molar-refractivity contribution in [1.82, 2.24) is 10.2 Å². The second kappa shape index (κ2) is 11.4. The number of ether oxygens (including phenoxy) is 4. The number of fused-ring (bicyclic) bond motifs is 1. The SMILES string of the molecule is CCOC(=O)N1CCC(C2OCc3cc(-c4ccc(C(=O)NCCOC)cc4)ccc3O2)CC1. The van der Waals surface area contributed by atoms with Crippen LogP contribution >= 0.6 is 0 Å². The first-order valence-corrected chi connectivity index (χ1v) is 11.8. The van der Waals surface area contributed by atoms with Gasteiger partial charge in [-0.25, -0.2) is 4.79 Å². The van der Waals surface area contributed by atoms with Crippen LogP contribution in [0.25, 0.3) is 11.1 Å². The molecule has 1 N–H and O–H groups in total. The molecule has 0 spiro atoms. The van der Waals surface area contributed by atoms with Crippen LogP contribution in [0.4, 0.5) is 4.79 Å². The standard InChI is InChI=1S/C26H32N2O6/c1-3-32-26(30)28-13-10-20(11-14-28)25-33-17-22-16-21(8-9-23(22)34-25)18-4-6-19(7-5-18)24(29)27-12-15-31-2/h4-9,16,20,25H,3,10-15,17H2,1-2H3,(H,27,29). The van der Waals surface area contributed by atoms with Crippen LogP contribution in [0.2, 0.25) is 0 Å². The Bertz CT molecular complexity index is 985. The van der Waals surface area contributed by atoms with Crippen LogP contribution in [0.1, 0.15) is 35.7 Å². The first-order valence-electron chi connectivity index (χ1n) is 11.8. The minimum absolute atomic E-state index is 0.116. The Balaban J connectivity index is 1.34. The van der Waals surface area contributed by atoms with E-state index in [4.69, 9.17) is 18.9 Å². The van der Waals surface area contributed by atoms with Gasteiger partial charge in [0.2, 0.25) is 6.29 Å². The van der Waals surface area contributed by atoms with Gasteiger partial charge in [-0.1, -0.05) is 18.2 Å². The quantitative estimate of drug-likeness (QED) is 0.622. The third-order valence-electron chi connectivity index (χ3n) is 6.23. The summed E-state index contributed by atoms with van der Waals surface area (Å²) in [5.74, 6) is 0.956. The molecule has 0 bridgehead atoms. The highest BCUT2D eigenvalue weighted by Crippen LogP contribution is 2.35. The molecule has 2 aliphatic rings. The van der Waals surface area contributed by atoms with Crippen molar-refractivity contribution in [2.24, 2.45) is 5.92 Å². The first-order chi connectivity index (χ1) is 16.6. The topological polar surface area (TPSA) is 86.3 Å². The summed E-state index contributed by atoms with van der Waals surface area (Å²) >= 11 is 0. The third-order valence-corrected chi connectivity index (χ3v) is 6.23. The Morgan fingerprint density at radius 3 is 2.53 bits per heavy atom. The Kier molecular flexibility index (Phi) is 8.03. The van der Waals surface area contributed by atoms with Crippen LogP contribution in [0.3, 0.4) is 0 Å². The lowest BCUT2D eigenvalue weighted by atomic mass is 9.95. The molecular formula is C26H32N2O6. The average molecular weight is 469 g/mol. The zero-order chi connectivity index (χ0) is 23.9. The fraction of sp³-hybridized carbons (Fsp3) is 0.462. The lowest BCUT2D eigenvalue weighted by Gasteiger charge is -2.37. The van der Waals surface area contributed by atoms with E-state index in [0.717, 1.165) is 35.3 Å². The van der Waals surface area contributed by atoms with Gasteiger partial charge in [-0.3, -0.25) is 4.79 Å². The van der Waals surface area contributed by atoms with Crippen molar-refractivity contribution in [1.29, 1.82) is 0 Å². The molecule has 2 aliphatic heterocycles. The number of hydrogen-bond acceptors (Lipinski definition) is 6. The van der Waals surface area contributed by atoms with Gasteiger partial charge in [-0.15, -0.1) is 0 Å². The second-order valence-corrected chi connectivity index (χ2v) is 8.47. The minimum atomic E-state index is -0.307. The molecule has 4 rings (SSSR count).